The summed E-state index contributed by atoms with van der Waals surface area (Å²) in [6.45, 7) is 1.84. The topological polar surface area (TPSA) is 91.8 Å². The van der Waals surface area contributed by atoms with E-state index in [9.17, 15) is 26.3 Å². The number of imidazole rings is 1. The molecule has 0 amide bonds. The summed E-state index contributed by atoms with van der Waals surface area (Å²) in [5, 5.41) is 3.25. The van der Waals surface area contributed by atoms with Gasteiger partial charge >= 0.3 is 12.4 Å². The largest absolute Gasteiger partial charge is 0.449 e. The zero-order valence-electron chi connectivity index (χ0n) is 16.4. The lowest BCUT2D eigenvalue weighted by Gasteiger charge is -2.08. The predicted molar refractivity (Wildman–Crippen MR) is 107 cm³/mol. The minimum Gasteiger partial charge on any atom is -0.323 e. The third-order valence-corrected chi connectivity index (χ3v) is 5.14. The smallest absolute Gasteiger partial charge is 0.323 e. The number of fused-ring (bicyclic) bond motifs is 1. The Balaban J connectivity index is 2.11. The highest BCUT2D eigenvalue weighted by Gasteiger charge is 2.37. The van der Waals surface area contributed by atoms with Gasteiger partial charge in [0.25, 0.3) is 0 Å². The molecule has 0 aliphatic carbocycles. The Morgan fingerprint density at radius 3 is 2.44 bits per heavy atom. The van der Waals surface area contributed by atoms with Gasteiger partial charge < -0.3 is 4.57 Å². The second-order valence-corrected chi connectivity index (χ2v) is 7.61. The van der Waals surface area contributed by atoms with E-state index in [4.69, 9.17) is 5.53 Å². The van der Waals surface area contributed by atoms with Gasteiger partial charge in [0.2, 0.25) is 5.82 Å². The van der Waals surface area contributed by atoms with Crippen molar-refractivity contribution >= 4 is 40.4 Å². The molecule has 0 radical (unpaired) electrons. The number of aliphatic imine (C=N–C) groups is 1. The molecule has 0 saturated heterocycles. The number of halogens is 6. The van der Waals surface area contributed by atoms with Gasteiger partial charge in [-0.3, -0.25) is 9.98 Å². The van der Waals surface area contributed by atoms with Crippen LogP contribution in [0, 0.1) is 0 Å². The van der Waals surface area contributed by atoms with Gasteiger partial charge in [0.15, 0.2) is 0 Å². The summed E-state index contributed by atoms with van der Waals surface area (Å²) in [4.78, 5) is 14.2. The highest BCUT2D eigenvalue weighted by molar-refractivity contribution is 7.99. The number of alkyl halides is 6. The fourth-order valence-corrected chi connectivity index (χ4v) is 3.58. The molecule has 0 aliphatic rings. The minimum absolute atomic E-state index is 0.000321. The highest BCUT2D eigenvalue weighted by atomic mass is 32.2. The van der Waals surface area contributed by atoms with Crippen LogP contribution in [0.15, 0.2) is 39.4 Å². The first-order valence-corrected chi connectivity index (χ1v) is 9.81. The van der Waals surface area contributed by atoms with Crippen molar-refractivity contribution in [1.29, 1.82) is 0 Å². The van der Waals surface area contributed by atoms with E-state index in [2.05, 4.69) is 25.0 Å². The highest BCUT2D eigenvalue weighted by Crippen LogP contribution is 2.37. The Hall–Kier alpha value is -3.25. The maximum absolute atomic E-state index is 13.2. The molecule has 2 heterocycles. The molecule has 3 rings (SSSR count). The van der Waals surface area contributed by atoms with E-state index in [0.717, 1.165) is 17.0 Å². The molecule has 0 saturated carbocycles. The molecular weight excluding hydrogens is 460 g/mol. The van der Waals surface area contributed by atoms with E-state index in [-0.39, 0.29) is 28.0 Å². The van der Waals surface area contributed by atoms with Crippen LogP contribution in [0.2, 0.25) is 0 Å². The second kappa shape index (κ2) is 8.71. The molecule has 0 atom stereocenters. The van der Waals surface area contributed by atoms with Gasteiger partial charge in [0.1, 0.15) is 5.69 Å². The van der Waals surface area contributed by atoms with Gasteiger partial charge in [0.05, 0.1) is 16.7 Å². The number of nitrogens with zero attached hydrogens (tertiary/aromatic N) is 7. The van der Waals surface area contributed by atoms with Gasteiger partial charge in [-0.2, -0.15) is 26.3 Å². The van der Waals surface area contributed by atoms with Crippen LogP contribution >= 0.6 is 11.8 Å². The van der Waals surface area contributed by atoms with Crippen molar-refractivity contribution in [2.75, 3.05) is 5.75 Å². The van der Waals surface area contributed by atoms with Crippen molar-refractivity contribution in [3.05, 3.63) is 51.9 Å². The summed E-state index contributed by atoms with van der Waals surface area (Å²) in [5.74, 6) is -0.484. The molecule has 3 aromatic rings. The van der Waals surface area contributed by atoms with Crippen LogP contribution < -0.4 is 0 Å². The fourth-order valence-electron chi connectivity index (χ4n) is 2.82. The monoisotopic (exact) mass is 473 g/mol. The fraction of sp³-hybridized carbons (Fsp3) is 0.278. The summed E-state index contributed by atoms with van der Waals surface area (Å²) >= 11 is 1.32. The molecule has 0 unspecified atom stereocenters. The summed E-state index contributed by atoms with van der Waals surface area (Å²) in [7, 11) is 1.25. The molecule has 7 nitrogen and oxygen atoms in total. The van der Waals surface area contributed by atoms with Crippen molar-refractivity contribution in [2.45, 2.75) is 24.2 Å². The molecule has 0 fully saturated rings. The van der Waals surface area contributed by atoms with E-state index < -0.39 is 23.9 Å². The number of pyridine rings is 1. The van der Waals surface area contributed by atoms with Gasteiger partial charge in [-0.05, 0) is 29.5 Å². The lowest BCUT2D eigenvalue weighted by molar-refractivity contribution is -0.146. The molecule has 14 heteroatoms. The standard InChI is InChI=1S/C18H13F6N7S/c1-3-32-14-6-13-11(28-16(31(13)2)18(22,23)24)4-12(14)26-7-9-8-27-15(17(19,20)21)5-10(9)29-30-25/h4-8H,3H2,1-2H3. The molecule has 0 spiro atoms. The maximum Gasteiger partial charge on any atom is 0.449 e. The second-order valence-electron chi connectivity index (χ2n) is 6.31. The van der Waals surface area contributed by atoms with E-state index in [1.54, 1.807) is 0 Å². The minimum atomic E-state index is -4.74. The van der Waals surface area contributed by atoms with Crippen LogP contribution in [0.4, 0.5) is 37.7 Å². The van der Waals surface area contributed by atoms with E-state index in [0.29, 0.717) is 16.7 Å². The zero-order chi connectivity index (χ0) is 23.7. The maximum atomic E-state index is 13.2. The van der Waals surface area contributed by atoms with Crippen molar-refractivity contribution < 1.29 is 26.3 Å². The van der Waals surface area contributed by atoms with Crippen LogP contribution in [-0.4, -0.2) is 26.5 Å². The Bertz CT molecular complexity index is 1240. The number of aryl methyl sites for hydroxylation is 1. The first-order chi connectivity index (χ1) is 15.0. The molecule has 1 aromatic carbocycles. The predicted octanol–water partition coefficient (Wildman–Crippen LogP) is 6.81. The Morgan fingerprint density at radius 2 is 1.84 bits per heavy atom. The van der Waals surface area contributed by atoms with Gasteiger partial charge in [0, 0.05) is 40.5 Å². The number of aromatic nitrogens is 3. The number of azide groups is 1. The van der Waals surface area contributed by atoms with Crippen LogP contribution in [0.3, 0.4) is 0 Å². The molecular formula is C18H13F6N7S. The molecule has 0 bridgehead atoms. The van der Waals surface area contributed by atoms with Crippen molar-refractivity contribution in [2.24, 2.45) is 17.2 Å². The first-order valence-electron chi connectivity index (χ1n) is 8.82. The Morgan fingerprint density at radius 1 is 1.12 bits per heavy atom. The average molecular weight is 473 g/mol. The van der Waals surface area contributed by atoms with Crippen LogP contribution in [0.1, 0.15) is 24.0 Å². The number of hydrogen-bond donors (Lipinski definition) is 0. The lowest BCUT2D eigenvalue weighted by Crippen LogP contribution is -2.12. The summed E-state index contributed by atoms with van der Waals surface area (Å²) < 4.78 is 79.1. The lowest BCUT2D eigenvalue weighted by atomic mass is 10.2. The quantitative estimate of drug-likeness (QED) is 0.102. The van der Waals surface area contributed by atoms with E-state index in [1.807, 2.05) is 6.92 Å². The molecule has 2 aromatic heterocycles. The molecule has 168 valence electrons. The summed E-state index contributed by atoms with van der Waals surface area (Å²) in [6, 6.07) is 3.45. The Kier molecular flexibility index (Phi) is 6.37. The average Bonchev–Trinajstić information content (AvgIpc) is 3.02. The number of benzene rings is 1. The van der Waals surface area contributed by atoms with Gasteiger partial charge in [-0.1, -0.05) is 12.0 Å². The van der Waals surface area contributed by atoms with Crippen molar-refractivity contribution in [3.63, 3.8) is 0 Å². The van der Waals surface area contributed by atoms with Crippen molar-refractivity contribution in [3.8, 4) is 0 Å². The molecule has 0 aliphatic heterocycles. The van der Waals surface area contributed by atoms with Crippen LogP contribution in [0.5, 0.6) is 0 Å². The summed E-state index contributed by atoms with van der Waals surface area (Å²) in [6.07, 6.45) is -7.40. The van der Waals surface area contributed by atoms with E-state index >= 15 is 0 Å². The number of thioether (sulfide) groups is 1. The first kappa shape index (κ1) is 23.4. The molecule has 0 N–H and O–H groups in total. The third-order valence-electron chi connectivity index (χ3n) is 4.21. The van der Waals surface area contributed by atoms with E-state index in [1.165, 1.54) is 30.9 Å². The number of hydrogen-bond acceptors (Lipinski definition) is 5. The van der Waals surface area contributed by atoms with Crippen molar-refractivity contribution in [1.82, 2.24) is 14.5 Å². The number of rotatable bonds is 5. The van der Waals surface area contributed by atoms with Crippen LogP contribution in [-0.2, 0) is 19.4 Å². The normalized spacial score (nSPS) is 12.5. The third kappa shape index (κ3) is 4.81. The van der Waals surface area contributed by atoms with Gasteiger partial charge in [-0.25, -0.2) is 4.98 Å². The SMILES string of the molecule is CCSc1cc2c(cc1N=Cc1cnc(C(F)(F)F)cc1N=[N+]=[N-])nc(C(F)(F)F)n2C. The Labute approximate surface area is 180 Å². The zero-order valence-corrected chi connectivity index (χ0v) is 17.2. The summed E-state index contributed by atoms with van der Waals surface area (Å²) in [5.41, 5.74) is 7.62. The van der Waals surface area contributed by atoms with Crippen LogP contribution in [0.25, 0.3) is 21.5 Å². The van der Waals surface area contributed by atoms with Gasteiger partial charge in [-0.15, -0.1) is 11.8 Å². The molecule has 32 heavy (non-hydrogen) atoms.